The molecule has 0 aliphatic heterocycles. The van der Waals surface area contributed by atoms with E-state index in [-0.39, 0.29) is 5.82 Å². The first-order valence-electron chi connectivity index (χ1n) is 6.25. The van der Waals surface area contributed by atoms with E-state index >= 15 is 0 Å². The zero-order chi connectivity index (χ0) is 13.8. The van der Waals surface area contributed by atoms with Gasteiger partial charge in [0, 0.05) is 17.7 Å². The van der Waals surface area contributed by atoms with Gasteiger partial charge in [-0.2, -0.15) is 0 Å². The molecule has 100 valence electrons. The van der Waals surface area contributed by atoms with E-state index in [0.717, 1.165) is 18.4 Å². The van der Waals surface area contributed by atoms with E-state index in [4.69, 9.17) is 5.73 Å². The van der Waals surface area contributed by atoms with Crippen LogP contribution in [0.2, 0.25) is 0 Å². The van der Waals surface area contributed by atoms with Crippen molar-refractivity contribution in [3.8, 4) is 0 Å². The van der Waals surface area contributed by atoms with Crippen molar-refractivity contribution in [2.24, 2.45) is 0 Å². The first-order chi connectivity index (χ1) is 9.10. The number of rotatable bonds is 4. The molecule has 0 radical (unpaired) electrons. The van der Waals surface area contributed by atoms with Gasteiger partial charge in [-0.15, -0.1) is 0 Å². The van der Waals surface area contributed by atoms with Crippen LogP contribution in [0.1, 0.15) is 24.7 Å². The van der Waals surface area contributed by atoms with Crippen LogP contribution < -0.4 is 11.1 Å². The molecule has 0 aliphatic carbocycles. The van der Waals surface area contributed by atoms with Crippen LogP contribution in [0.5, 0.6) is 0 Å². The van der Waals surface area contributed by atoms with E-state index in [2.05, 4.69) is 22.2 Å². The standard InChI is InChI=1S/C14H17FN4/c1-3-5-12-18-13(16)9(2)14(19-12)17-11-7-4-6-10(15)8-11/h4,6-8H,3,5H2,1-2H3,(H3,16,17,18,19). The zero-order valence-electron chi connectivity index (χ0n) is 11.1. The van der Waals surface area contributed by atoms with Gasteiger partial charge in [0.15, 0.2) is 0 Å². The summed E-state index contributed by atoms with van der Waals surface area (Å²) < 4.78 is 13.2. The number of hydrogen-bond donors (Lipinski definition) is 2. The molecule has 3 N–H and O–H groups in total. The van der Waals surface area contributed by atoms with Gasteiger partial charge in [0.05, 0.1) is 0 Å². The van der Waals surface area contributed by atoms with Crippen LogP contribution in [0, 0.1) is 12.7 Å². The molecule has 2 aromatic rings. The van der Waals surface area contributed by atoms with Gasteiger partial charge >= 0.3 is 0 Å². The Balaban J connectivity index is 2.33. The summed E-state index contributed by atoms with van der Waals surface area (Å²) in [5.74, 6) is 1.49. The van der Waals surface area contributed by atoms with E-state index in [1.165, 1.54) is 12.1 Å². The van der Waals surface area contributed by atoms with Crippen molar-refractivity contribution < 1.29 is 4.39 Å². The Bertz CT molecular complexity index is 584. The zero-order valence-corrected chi connectivity index (χ0v) is 11.1. The van der Waals surface area contributed by atoms with Crippen LogP contribution in [-0.2, 0) is 6.42 Å². The number of halogens is 1. The lowest BCUT2D eigenvalue weighted by Crippen LogP contribution is -2.07. The fraction of sp³-hybridized carbons (Fsp3) is 0.286. The fourth-order valence-corrected chi connectivity index (χ4v) is 1.74. The van der Waals surface area contributed by atoms with Gasteiger partial charge in [-0.05, 0) is 31.5 Å². The van der Waals surface area contributed by atoms with Crippen molar-refractivity contribution >= 4 is 17.3 Å². The van der Waals surface area contributed by atoms with E-state index in [9.17, 15) is 4.39 Å². The van der Waals surface area contributed by atoms with Crippen LogP contribution in [0.4, 0.5) is 21.7 Å². The molecule has 0 spiro atoms. The van der Waals surface area contributed by atoms with Gasteiger partial charge in [-0.1, -0.05) is 13.0 Å². The van der Waals surface area contributed by atoms with Crippen LogP contribution in [0.3, 0.4) is 0 Å². The lowest BCUT2D eigenvalue weighted by molar-refractivity contribution is 0.628. The van der Waals surface area contributed by atoms with Gasteiger partial charge in [0.1, 0.15) is 23.3 Å². The number of anilines is 3. The first-order valence-corrected chi connectivity index (χ1v) is 6.25. The number of benzene rings is 1. The summed E-state index contributed by atoms with van der Waals surface area (Å²) >= 11 is 0. The molecule has 0 atom stereocenters. The third-order valence-electron chi connectivity index (χ3n) is 2.79. The van der Waals surface area contributed by atoms with Gasteiger partial charge < -0.3 is 11.1 Å². The van der Waals surface area contributed by atoms with E-state index in [0.29, 0.717) is 23.1 Å². The smallest absolute Gasteiger partial charge is 0.139 e. The van der Waals surface area contributed by atoms with Gasteiger partial charge in [0.2, 0.25) is 0 Å². The molecule has 1 heterocycles. The summed E-state index contributed by atoms with van der Waals surface area (Å²) in [5.41, 5.74) is 7.28. The molecule has 0 unspecified atom stereocenters. The summed E-state index contributed by atoms with van der Waals surface area (Å²) in [5, 5.41) is 3.08. The summed E-state index contributed by atoms with van der Waals surface area (Å²) in [4.78, 5) is 8.66. The minimum atomic E-state index is -0.293. The number of nitrogens with two attached hydrogens (primary N) is 1. The van der Waals surface area contributed by atoms with Crippen molar-refractivity contribution in [1.29, 1.82) is 0 Å². The number of nitrogens with zero attached hydrogens (tertiary/aromatic N) is 2. The van der Waals surface area contributed by atoms with Gasteiger partial charge in [-0.3, -0.25) is 0 Å². The molecule has 0 amide bonds. The highest BCUT2D eigenvalue weighted by molar-refractivity contribution is 5.63. The maximum absolute atomic E-state index is 13.2. The second-order valence-corrected chi connectivity index (χ2v) is 4.38. The Labute approximate surface area is 111 Å². The minimum Gasteiger partial charge on any atom is -0.383 e. The fourth-order valence-electron chi connectivity index (χ4n) is 1.74. The molecule has 0 saturated heterocycles. The van der Waals surface area contributed by atoms with E-state index < -0.39 is 0 Å². The summed E-state index contributed by atoms with van der Waals surface area (Å²) in [6.07, 6.45) is 1.71. The molecular weight excluding hydrogens is 243 g/mol. The van der Waals surface area contributed by atoms with Crippen molar-refractivity contribution in [3.63, 3.8) is 0 Å². The highest BCUT2D eigenvalue weighted by atomic mass is 19.1. The molecule has 1 aromatic heterocycles. The second kappa shape index (κ2) is 5.65. The van der Waals surface area contributed by atoms with E-state index in [1.54, 1.807) is 12.1 Å². The Hall–Kier alpha value is -2.17. The third kappa shape index (κ3) is 3.19. The van der Waals surface area contributed by atoms with Crippen molar-refractivity contribution in [2.75, 3.05) is 11.1 Å². The molecular formula is C14H17FN4. The maximum atomic E-state index is 13.2. The predicted molar refractivity (Wildman–Crippen MR) is 74.9 cm³/mol. The first kappa shape index (κ1) is 13.3. The molecule has 0 saturated carbocycles. The Morgan fingerprint density at radius 2 is 2.11 bits per heavy atom. The quantitative estimate of drug-likeness (QED) is 0.886. The number of nitrogens with one attached hydrogen (secondary N) is 1. The molecule has 2 rings (SSSR count). The molecule has 1 aromatic carbocycles. The normalized spacial score (nSPS) is 10.5. The topological polar surface area (TPSA) is 63.8 Å². The van der Waals surface area contributed by atoms with Crippen molar-refractivity contribution in [3.05, 3.63) is 41.5 Å². The van der Waals surface area contributed by atoms with Crippen molar-refractivity contribution in [1.82, 2.24) is 9.97 Å². The SMILES string of the molecule is CCCc1nc(N)c(C)c(Nc2cccc(F)c2)n1. The van der Waals surface area contributed by atoms with Crippen LogP contribution in [-0.4, -0.2) is 9.97 Å². The van der Waals surface area contributed by atoms with Crippen molar-refractivity contribution in [2.45, 2.75) is 26.7 Å². The third-order valence-corrected chi connectivity index (χ3v) is 2.79. The number of aromatic nitrogens is 2. The average Bonchev–Trinajstić information content (AvgIpc) is 2.36. The Morgan fingerprint density at radius 3 is 2.79 bits per heavy atom. The molecule has 19 heavy (non-hydrogen) atoms. The van der Waals surface area contributed by atoms with Crippen LogP contribution >= 0.6 is 0 Å². The van der Waals surface area contributed by atoms with Crippen LogP contribution in [0.15, 0.2) is 24.3 Å². The molecule has 0 fully saturated rings. The molecule has 0 aliphatic rings. The number of hydrogen-bond acceptors (Lipinski definition) is 4. The maximum Gasteiger partial charge on any atom is 0.139 e. The summed E-state index contributed by atoms with van der Waals surface area (Å²) in [6.45, 7) is 3.89. The molecule has 0 bridgehead atoms. The van der Waals surface area contributed by atoms with Gasteiger partial charge in [0.25, 0.3) is 0 Å². The van der Waals surface area contributed by atoms with Gasteiger partial charge in [-0.25, -0.2) is 14.4 Å². The molecule has 4 nitrogen and oxygen atoms in total. The highest BCUT2D eigenvalue weighted by Gasteiger charge is 2.08. The average molecular weight is 260 g/mol. The summed E-state index contributed by atoms with van der Waals surface area (Å²) in [7, 11) is 0. The highest BCUT2D eigenvalue weighted by Crippen LogP contribution is 2.22. The minimum absolute atomic E-state index is 0.293. The largest absolute Gasteiger partial charge is 0.383 e. The lowest BCUT2D eigenvalue weighted by atomic mass is 10.2. The lowest BCUT2D eigenvalue weighted by Gasteiger charge is -2.11. The van der Waals surface area contributed by atoms with Crippen LogP contribution in [0.25, 0.3) is 0 Å². The second-order valence-electron chi connectivity index (χ2n) is 4.38. The molecule has 5 heteroatoms. The Kier molecular flexibility index (Phi) is 3.94. The predicted octanol–water partition coefficient (Wildman–Crippen LogP) is 3.20. The number of nitrogen functional groups attached to an aromatic ring is 1. The number of aryl methyl sites for hydroxylation is 1. The monoisotopic (exact) mass is 260 g/mol. The van der Waals surface area contributed by atoms with E-state index in [1.807, 2.05) is 6.92 Å². The summed E-state index contributed by atoms with van der Waals surface area (Å²) in [6, 6.07) is 6.23. The Morgan fingerprint density at radius 1 is 1.32 bits per heavy atom.